The molecular formula is C12H14BrN3O2S. The van der Waals surface area contributed by atoms with Crippen molar-refractivity contribution in [3.63, 3.8) is 0 Å². The fraction of sp³-hybridized carbons (Fsp3) is 0.250. The second-order valence-electron chi connectivity index (χ2n) is 4.24. The van der Waals surface area contributed by atoms with Gasteiger partial charge in [0.05, 0.1) is 11.4 Å². The molecule has 1 heterocycles. The van der Waals surface area contributed by atoms with Crippen LogP contribution in [0.5, 0.6) is 0 Å². The van der Waals surface area contributed by atoms with Crippen LogP contribution < -0.4 is 4.72 Å². The van der Waals surface area contributed by atoms with Crippen molar-refractivity contribution in [2.75, 3.05) is 4.72 Å². The lowest BCUT2D eigenvalue weighted by molar-refractivity contribution is 0.599. The second-order valence-corrected chi connectivity index (χ2v) is 6.77. The monoisotopic (exact) mass is 343 g/mol. The molecule has 0 saturated carbocycles. The van der Waals surface area contributed by atoms with Crippen LogP contribution in [0, 0.1) is 13.8 Å². The molecule has 0 aliphatic heterocycles. The van der Waals surface area contributed by atoms with Crippen molar-refractivity contribution in [2.45, 2.75) is 18.7 Å². The number of halogens is 1. The summed E-state index contributed by atoms with van der Waals surface area (Å²) in [5, 5.41) is 4.12. The molecule has 0 spiro atoms. The first kappa shape index (κ1) is 14.1. The number of sulfonamides is 1. The minimum absolute atomic E-state index is 0.234. The fourth-order valence-electron chi connectivity index (χ4n) is 1.87. The van der Waals surface area contributed by atoms with E-state index in [0.717, 1.165) is 4.47 Å². The van der Waals surface area contributed by atoms with Crippen LogP contribution in [0.15, 0.2) is 33.6 Å². The SMILES string of the molecule is Cc1nn(C)c(C)c1S(=O)(=O)Nc1ccc(Br)cc1. The Bertz CT molecular complexity index is 705. The molecule has 0 aliphatic rings. The summed E-state index contributed by atoms with van der Waals surface area (Å²) in [6.45, 7) is 3.42. The average molecular weight is 344 g/mol. The maximum Gasteiger partial charge on any atom is 0.265 e. The van der Waals surface area contributed by atoms with Gasteiger partial charge in [0.1, 0.15) is 4.90 Å². The zero-order chi connectivity index (χ0) is 14.2. The average Bonchev–Trinajstić information content (AvgIpc) is 2.56. The molecule has 0 fully saturated rings. The largest absolute Gasteiger partial charge is 0.280 e. The number of benzene rings is 1. The van der Waals surface area contributed by atoms with Crippen LogP contribution in [-0.2, 0) is 17.1 Å². The van der Waals surface area contributed by atoms with Crippen LogP contribution in [0.3, 0.4) is 0 Å². The Morgan fingerprint density at radius 1 is 1.21 bits per heavy atom. The smallest absolute Gasteiger partial charge is 0.265 e. The predicted molar refractivity (Wildman–Crippen MR) is 77.6 cm³/mol. The van der Waals surface area contributed by atoms with E-state index in [1.807, 2.05) is 0 Å². The van der Waals surface area contributed by atoms with Crippen LogP contribution in [0.2, 0.25) is 0 Å². The van der Waals surface area contributed by atoms with E-state index in [1.54, 1.807) is 49.8 Å². The van der Waals surface area contributed by atoms with Crippen LogP contribution in [0.25, 0.3) is 0 Å². The molecule has 19 heavy (non-hydrogen) atoms. The molecule has 0 atom stereocenters. The normalized spacial score (nSPS) is 11.6. The summed E-state index contributed by atoms with van der Waals surface area (Å²) < 4.78 is 29.7. The van der Waals surface area contributed by atoms with Crippen molar-refractivity contribution in [3.05, 3.63) is 40.1 Å². The van der Waals surface area contributed by atoms with Gasteiger partial charge in [-0.25, -0.2) is 8.42 Å². The van der Waals surface area contributed by atoms with Gasteiger partial charge in [0.15, 0.2) is 0 Å². The van der Waals surface area contributed by atoms with Crippen molar-refractivity contribution >= 4 is 31.6 Å². The maximum absolute atomic E-state index is 12.4. The lowest BCUT2D eigenvalue weighted by Crippen LogP contribution is -2.14. The quantitative estimate of drug-likeness (QED) is 0.931. The standard InChI is InChI=1S/C12H14BrN3O2S/c1-8-12(9(2)16(3)14-8)19(17,18)15-11-6-4-10(13)5-7-11/h4-7,15H,1-3H3. The van der Waals surface area contributed by atoms with Crippen molar-refractivity contribution in [3.8, 4) is 0 Å². The Kier molecular flexibility index (Phi) is 3.69. The van der Waals surface area contributed by atoms with Gasteiger partial charge in [0.25, 0.3) is 10.0 Å². The Hall–Kier alpha value is -1.34. The molecule has 1 N–H and O–H groups in total. The van der Waals surface area contributed by atoms with E-state index >= 15 is 0 Å². The van der Waals surface area contributed by atoms with Gasteiger partial charge in [-0.05, 0) is 38.1 Å². The minimum atomic E-state index is -3.62. The van der Waals surface area contributed by atoms with Crippen LogP contribution in [0.4, 0.5) is 5.69 Å². The first-order valence-electron chi connectivity index (χ1n) is 5.60. The lowest BCUT2D eigenvalue weighted by Gasteiger charge is -2.08. The number of hydrogen-bond donors (Lipinski definition) is 1. The molecule has 0 amide bonds. The highest BCUT2D eigenvalue weighted by atomic mass is 79.9. The highest BCUT2D eigenvalue weighted by molar-refractivity contribution is 9.10. The van der Waals surface area contributed by atoms with E-state index in [0.29, 0.717) is 17.1 Å². The van der Waals surface area contributed by atoms with Crippen molar-refractivity contribution in [2.24, 2.45) is 7.05 Å². The topological polar surface area (TPSA) is 64.0 Å². The Morgan fingerprint density at radius 3 is 2.26 bits per heavy atom. The number of aryl methyl sites for hydroxylation is 2. The molecule has 0 aliphatic carbocycles. The first-order valence-corrected chi connectivity index (χ1v) is 7.87. The molecule has 102 valence electrons. The molecule has 0 unspecified atom stereocenters. The van der Waals surface area contributed by atoms with Gasteiger partial charge in [0, 0.05) is 17.2 Å². The molecule has 2 aromatic rings. The van der Waals surface area contributed by atoms with Crippen LogP contribution in [0.1, 0.15) is 11.4 Å². The Morgan fingerprint density at radius 2 is 1.79 bits per heavy atom. The number of rotatable bonds is 3. The summed E-state index contributed by atoms with van der Waals surface area (Å²) in [6.07, 6.45) is 0. The Labute approximate surface area is 120 Å². The van der Waals surface area contributed by atoms with E-state index in [9.17, 15) is 8.42 Å². The molecule has 0 saturated heterocycles. The number of anilines is 1. The zero-order valence-electron chi connectivity index (χ0n) is 10.8. The molecule has 0 bridgehead atoms. The second kappa shape index (κ2) is 4.97. The molecule has 0 radical (unpaired) electrons. The maximum atomic E-state index is 12.4. The van der Waals surface area contributed by atoms with Crippen molar-refractivity contribution < 1.29 is 8.42 Å². The highest BCUT2D eigenvalue weighted by Crippen LogP contribution is 2.22. The van der Waals surface area contributed by atoms with E-state index < -0.39 is 10.0 Å². The molecule has 1 aromatic heterocycles. The van der Waals surface area contributed by atoms with Gasteiger partial charge in [-0.2, -0.15) is 5.10 Å². The molecular weight excluding hydrogens is 330 g/mol. The van der Waals surface area contributed by atoms with Crippen molar-refractivity contribution in [1.29, 1.82) is 0 Å². The summed E-state index contributed by atoms with van der Waals surface area (Å²) in [4.78, 5) is 0.234. The predicted octanol–water partition coefficient (Wildman–Crippen LogP) is 2.60. The summed E-state index contributed by atoms with van der Waals surface area (Å²) in [5.41, 5.74) is 1.62. The molecule has 2 rings (SSSR count). The molecule has 7 heteroatoms. The fourth-order valence-corrected chi connectivity index (χ4v) is 3.63. The van der Waals surface area contributed by atoms with Gasteiger partial charge in [-0.15, -0.1) is 0 Å². The summed E-state index contributed by atoms with van der Waals surface area (Å²) in [6, 6.07) is 6.95. The van der Waals surface area contributed by atoms with E-state index in [-0.39, 0.29) is 4.90 Å². The van der Waals surface area contributed by atoms with Gasteiger partial charge in [-0.1, -0.05) is 15.9 Å². The van der Waals surface area contributed by atoms with E-state index in [4.69, 9.17) is 0 Å². The van der Waals surface area contributed by atoms with Crippen LogP contribution in [-0.4, -0.2) is 18.2 Å². The molecule has 1 aromatic carbocycles. The third kappa shape index (κ3) is 2.82. The van der Waals surface area contributed by atoms with E-state index in [2.05, 4.69) is 25.8 Å². The van der Waals surface area contributed by atoms with Gasteiger partial charge in [0.2, 0.25) is 0 Å². The van der Waals surface area contributed by atoms with E-state index in [1.165, 1.54) is 0 Å². The van der Waals surface area contributed by atoms with Gasteiger partial charge < -0.3 is 0 Å². The summed E-state index contributed by atoms with van der Waals surface area (Å²) in [5.74, 6) is 0. The number of hydrogen-bond acceptors (Lipinski definition) is 3. The lowest BCUT2D eigenvalue weighted by atomic mass is 10.3. The third-order valence-electron chi connectivity index (χ3n) is 2.81. The van der Waals surface area contributed by atoms with Gasteiger partial charge in [-0.3, -0.25) is 9.40 Å². The summed E-state index contributed by atoms with van der Waals surface area (Å²) >= 11 is 3.31. The highest BCUT2D eigenvalue weighted by Gasteiger charge is 2.23. The van der Waals surface area contributed by atoms with Crippen molar-refractivity contribution in [1.82, 2.24) is 9.78 Å². The number of aromatic nitrogens is 2. The number of nitrogens with one attached hydrogen (secondary N) is 1. The minimum Gasteiger partial charge on any atom is -0.280 e. The third-order valence-corrected chi connectivity index (χ3v) is 4.97. The summed E-state index contributed by atoms with van der Waals surface area (Å²) in [7, 11) is -1.89. The molecule has 5 nitrogen and oxygen atoms in total. The first-order chi connectivity index (χ1) is 8.81. The van der Waals surface area contributed by atoms with Gasteiger partial charge >= 0.3 is 0 Å². The van der Waals surface area contributed by atoms with Crippen LogP contribution >= 0.6 is 15.9 Å². The zero-order valence-corrected chi connectivity index (χ0v) is 13.2. The number of nitrogens with zero attached hydrogens (tertiary/aromatic N) is 2. The Balaban J connectivity index is 2.40.